The lowest BCUT2D eigenvalue weighted by molar-refractivity contribution is -0.0747. The average Bonchev–Trinajstić information content (AvgIpc) is 2.38. The summed E-state index contributed by atoms with van der Waals surface area (Å²) in [5.41, 5.74) is 0.914. The highest BCUT2D eigenvalue weighted by Gasteiger charge is 2.28. The predicted molar refractivity (Wildman–Crippen MR) is 81.7 cm³/mol. The van der Waals surface area contributed by atoms with Crippen molar-refractivity contribution in [3.63, 3.8) is 0 Å². The van der Waals surface area contributed by atoms with Gasteiger partial charge >= 0.3 is 0 Å². The van der Waals surface area contributed by atoms with E-state index >= 15 is 0 Å². The van der Waals surface area contributed by atoms with Crippen LogP contribution >= 0.6 is 0 Å². The smallest absolute Gasteiger partial charge is 0.296 e. The van der Waals surface area contributed by atoms with Gasteiger partial charge in [0.25, 0.3) is 10.1 Å². The highest BCUT2D eigenvalue weighted by Crippen LogP contribution is 2.30. The van der Waals surface area contributed by atoms with Crippen molar-refractivity contribution >= 4 is 10.1 Å². The molecule has 1 aromatic rings. The van der Waals surface area contributed by atoms with Crippen LogP contribution in [0.2, 0.25) is 0 Å². The van der Waals surface area contributed by atoms with Gasteiger partial charge < -0.3 is 4.74 Å². The van der Waals surface area contributed by atoms with E-state index in [2.05, 4.69) is 13.8 Å². The van der Waals surface area contributed by atoms with E-state index < -0.39 is 10.1 Å². The fourth-order valence-electron chi connectivity index (χ4n) is 2.70. The molecule has 118 valence electrons. The van der Waals surface area contributed by atoms with Crippen LogP contribution in [0.5, 0.6) is 0 Å². The Hall–Kier alpha value is -0.910. The summed E-state index contributed by atoms with van der Waals surface area (Å²) in [4.78, 5) is 0.223. The topological polar surface area (TPSA) is 52.6 Å². The summed E-state index contributed by atoms with van der Waals surface area (Å²) >= 11 is 0. The maximum Gasteiger partial charge on any atom is 0.296 e. The van der Waals surface area contributed by atoms with Gasteiger partial charge in [-0.25, -0.2) is 0 Å². The van der Waals surface area contributed by atoms with E-state index in [-0.39, 0.29) is 17.1 Å². The molecule has 1 aliphatic rings. The Morgan fingerprint density at radius 1 is 1.29 bits per heavy atom. The van der Waals surface area contributed by atoms with E-state index in [1.165, 1.54) is 0 Å². The van der Waals surface area contributed by atoms with E-state index in [0.29, 0.717) is 5.92 Å². The van der Waals surface area contributed by atoms with Gasteiger partial charge in [-0.3, -0.25) is 4.18 Å². The molecule has 0 N–H and O–H groups in total. The number of benzene rings is 1. The molecule has 4 nitrogen and oxygen atoms in total. The van der Waals surface area contributed by atoms with Crippen molar-refractivity contribution in [3.05, 3.63) is 29.8 Å². The fraction of sp³-hybridized carbons (Fsp3) is 0.625. The van der Waals surface area contributed by atoms with Gasteiger partial charge in [0.1, 0.15) is 0 Å². The molecular weight excluding hydrogens is 288 g/mol. The molecule has 0 spiro atoms. The Kier molecular flexibility index (Phi) is 5.07. The molecule has 0 radical (unpaired) electrons. The molecule has 1 heterocycles. The second kappa shape index (κ2) is 6.46. The summed E-state index contributed by atoms with van der Waals surface area (Å²) < 4.78 is 35.0. The molecule has 5 heteroatoms. The predicted octanol–water partition coefficient (Wildman–Crippen LogP) is 3.30. The monoisotopic (exact) mass is 312 g/mol. The normalized spacial score (nSPS) is 22.1. The SMILES string of the molecule is Cc1ccc(S(=O)(=O)OCCC2CCOC(C)(C)C2)cc1. The third-order valence-electron chi connectivity index (χ3n) is 3.87. The van der Waals surface area contributed by atoms with Gasteiger partial charge in [0.15, 0.2) is 0 Å². The molecule has 1 aromatic carbocycles. The zero-order valence-electron chi connectivity index (χ0n) is 13.0. The molecule has 0 amide bonds. The molecule has 0 bridgehead atoms. The van der Waals surface area contributed by atoms with E-state index in [1.807, 2.05) is 6.92 Å². The Morgan fingerprint density at radius 2 is 1.95 bits per heavy atom. The Balaban J connectivity index is 1.86. The van der Waals surface area contributed by atoms with Gasteiger partial charge in [0.05, 0.1) is 17.1 Å². The maximum absolute atomic E-state index is 12.1. The summed E-state index contributed by atoms with van der Waals surface area (Å²) in [5, 5.41) is 0. The van der Waals surface area contributed by atoms with Crippen LogP contribution in [-0.4, -0.2) is 27.2 Å². The standard InChI is InChI=1S/C16H24O4S/c1-13-4-6-15(7-5-13)21(17,18)20-11-9-14-8-10-19-16(2,3)12-14/h4-7,14H,8-12H2,1-3H3. The van der Waals surface area contributed by atoms with Gasteiger partial charge in [-0.15, -0.1) is 0 Å². The van der Waals surface area contributed by atoms with Crippen molar-refractivity contribution < 1.29 is 17.3 Å². The number of hydrogen-bond acceptors (Lipinski definition) is 4. The molecule has 21 heavy (non-hydrogen) atoms. The Bertz CT molecular complexity index is 560. The largest absolute Gasteiger partial charge is 0.376 e. The van der Waals surface area contributed by atoms with Gasteiger partial charge in [-0.2, -0.15) is 8.42 Å². The Labute approximate surface area is 127 Å². The van der Waals surface area contributed by atoms with Crippen LogP contribution < -0.4 is 0 Å². The summed E-state index contributed by atoms with van der Waals surface area (Å²) in [6, 6.07) is 6.72. The van der Waals surface area contributed by atoms with Crippen LogP contribution in [0.25, 0.3) is 0 Å². The van der Waals surface area contributed by atoms with E-state index in [0.717, 1.165) is 31.4 Å². The molecule has 2 rings (SSSR count). The second-order valence-electron chi connectivity index (χ2n) is 6.34. The first-order valence-electron chi connectivity index (χ1n) is 7.39. The number of rotatable bonds is 5. The summed E-state index contributed by atoms with van der Waals surface area (Å²) in [7, 11) is -3.64. The average molecular weight is 312 g/mol. The minimum atomic E-state index is -3.64. The zero-order valence-corrected chi connectivity index (χ0v) is 13.8. The molecule has 0 saturated carbocycles. The molecule has 1 aliphatic heterocycles. The van der Waals surface area contributed by atoms with Crippen molar-refractivity contribution in [1.82, 2.24) is 0 Å². The third kappa shape index (κ3) is 4.80. The molecule has 1 fully saturated rings. The van der Waals surface area contributed by atoms with Crippen LogP contribution in [0.1, 0.15) is 38.7 Å². The van der Waals surface area contributed by atoms with Crippen LogP contribution in [0.4, 0.5) is 0 Å². The summed E-state index contributed by atoms with van der Waals surface area (Å²) in [6.07, 6.45) is 2.66. The first kappa shape index (κ1) is 16.5. The number of aryl methyl sites for hydroxylation is 1. The van der Waals surface area contributed by atoms with Crippen molar-refractivity contribution in [3.8, 4) is 0 Å². The van der Waals surface area contributed by atoms with Crippen LogP contribution in [0.3, 0.4) is 0 Å². The molecule has 0 aromatic heterocycles. The quantitative estimate of drug-likeness (QED) is 0.783. The van der Waals surface area contributed by atoms with E-state index in [1.54, 1.807) is 24.3 Å². The van der Waals surface area contributed by atoms with Crippen molar-refractivity contribution in [1.29, 1.82) is 0 Å². The molecule has 1 saturated heterocycles. The lowest BCUT2D eigenvalue weighted by Gasteiger charge is -2.35. The van der Waals surface area contributed by atoms with E-state index in [4.69, 9.17) is 8.92 Å². The maximum atomic E-state index is 12.1. The van der Waals surface area contributed by atoms with Gasteiger partial charge in [-0.05, 0) is 58.1 Å². The van der Waals surface area contributed by atoms with Gasteiger partial charge in [0.2, 0.25) is 0 Å². The summed E-state index contributed by atoms with van der Waals surface area (Å²) in [6.45, 7) is 7.04. The van der Waals surface area contributed by atoms with Gasteiger partial charge in [-0.1, -0.05) is 17.7 Å². The zero-order chi connectivity index (χ0) is 15.5. The van der Waals surface area contributed by atoms with Crippen molar-refractivity contribution in [2.45, 2.75) is 50.5 Å². The third-order valence-corrected chi connectivity index (χ3v) is 5.20. The number of ether oxygens (including phenoxy) is 1. The summed E-state index contributed by atoms with van der Waals surface area (Å²) in [5.74, 6) is 0.460. The minimum Gasteiger partial charge on any atom is -0.376 e. The minimum absolute atomic E-state index is 0.112. The van der Waals surface area contributed by atoms with E-state index in [9.17, 15) is 8.42 Å². The van der Waals surface area contributed by atoms with Gasteiger partial charge in [0, 0.05) is 6.61 Å². The molecule has 1 atom stereocenters. The highest BCUT2D eigenvalue weighted by molar-refractivity contribution is 7.86. The first-order valence-corrected chi connectivity index (χ1v) is 8.79. The highest BCUT2D eigenvalue weighted by atomic mass is 32.2. The molecule has 1 unspecified atom stereocenters. The van der Waals surface area contributed by atoms with Crippen molar-refractivity contribution in [2.24, 2.45) is 5.92 Å². The van der Waals surface area contributed by atoms with Crippen LogP contribution in [0, 0.1) is 12.8 Å². The number of hydrogen-bond donors (Lipinski definition) is 0. The lowest BCUT2D eigenvalue weighted by atomic mass is 9.86. The lowest BCUT2D eigenvalue weighted by Crippen LogP contribution is -2.34. The molecule has 0 aliphatic carbocycles. The first-order chi connectivity index (χ1) is 9.78. The van der Waals surface area contributed by atoms with Crippen LogP contribution in [-0.2, 0) is 19.0 Å². The fourth-order valence-corrected chi connectivity index (χ4v) is 3.62. The van der Waals surface area contributed by atoms with Crippen LogP contribution in [0.15, 0.2) is 29.2 Å². The van der Waals surface area contributed by atoms with Crippen molar-refractivity contribution in [2.75, 3.05) is 13.2 Å². The Morgan fingerprint density at radius 3 is 2.57 bits per heavy atom. The second-order valence-corrected chi connectivity index (χ2v) is 7.96. The molecular formula is C16H24O4S.